The second-order valence-electron chi connectivity index (χ2n) is 7.00. The van der Waals surface area contributed by atoms with E-state index in [1.807, 2.05) is 19.1 Å². The van der Waals surface area contributed by atoms with Crippen molar-refractivity contribution in [2.75, 3.05) is 0 Å². The van der Waals surface area contributed by atoms with Gasteiger partial charge in [-0.15, -0.1) is 11.3 Å². The molecule has 0 bridgehead atoms. The van der Waals surface area contributed by atoms with Gasteiger partial charge < -0.3 is 4.79 Å². The number of aldehydes is 1. The monoisotopic (exact) mass is 366 g/mol. The number of nitriles is 1. The van der Waals surface area contributed by atoms with Crippen molar-refractivity contribution in [3.8, 4) is 16.6 Å². The van der Waals surface area contributed by atoms with Gasteiger partial charge in [-0.05, 0) is 43.7 Å². The van der Waals surface area contributed by atoms with Gasteiger partial charge in [0.15, 0.2) is 5.78 Å². The largest absolute Gasteiger partial charge is 0.302 e. The Morgan fingerprint density at radius 1 is 1.38 bits per heavy atom. The Morgan fingerprint density at radius 2 is 2.12 bits per heavy atom. The minimum atomic E-state index is -0.761. The molecule has 1 heterocycles. The third-order valence-electron chi connectivity index (χ3n) is 5.14. The first-order valence-corrected chi connectivity index (χ1v) is 9.88. The van der Waals surface area contributed by atoms with Gasteiger partial charge in [0.2, 0.25) is 0 Å². The molecular formula is C21H22N2O2S. The summed E-state index contributed by atoms with van der Waals surface area (Å²) < 4.78 is 0. The second-order valence-corrected chi connectivity index (χ2v) is 8.09. The highest BCUT2D eigenvalue weighted by Gasteiger charge is 2.35. The van der Waals surface area contributed by atoms with Crippen molar-refractivity contribution in [3.63, 3.8) is 0 Å². The molecule has 1 saturated carbocycles. The quantitative estimate of drug-likeness (QED) is 0.556. The average Bonchev–Trinajstić information content (AvgIpc) is 3.29. The number of thiazole rings is 1. The maximum atomic E-state index is 12.9. The van der Waals surface area contributed by atoms with Crippen LogP contribution in [0.1, 0.15) is 55.2 Å². The molecule has 0 radical (unpaired) electrons. The number of benzene rings is 1. The zero-order valence-electron chi connectivity index (χ0n) is 15.1. The number of rotatable bonds is 6. The highest BCUT2D eigenvalue weighted by Crippen LogP contribution is 2.37. The molecule has 3 rings (SSSR count). The molecule has 1 unspecified atom stereocenters. The van der Waals surface area contributed by atoms with E-state index >= 15 is 0 Å². The second kappa shape index (κ2) is 7.92. The summed E-state index contributed by atoms with van der Waals surface area (Å²) in [6.07, 6.45) is 4.30. The Labute approximate surface area is 157 Å². The van der Waals surface area contributed by atoms with Crippen molar-refractivity contribution in [2.45, 2.75) is 45.4 Å². The molecule has 1 fully saturated rings. The lowest BCUT2D eigenvalue weighted by atomic mass is 9.89. The fraction of sp³-hybridized carbons (Fsp3) is 0.429. The van der Waals surface area contributed by atoms with Crippen LogP contribution in [0.25, 0.3) is 10.6 Å². The Kier molecular flexibility index (Phi) is 5.63. The number of aryl methyl sites for hydroxylation is 1. The smallest absolute Gasteiger partial charge is 0.152 e. The number of ketones is 1. The summed E-state index contributed by atoms with van der Waals surface area (Å²) in [7, 11) is 0. The number of hydrogen-bond acceptors (Lipinski definition) is 5. The molecule has 0 aliphatic heterocycles. The first kappa shape index (κ1) is 18.5. The maximum absolute atomic E-state index is 12.9. The van der Waals surface area contributed by atoms with E-state index in [0.29, 0.717) is 17.2 Å². The van der Waals surface area contributed by atoms with Crippen molar-refractivity contribution in [3.05, 3.63) is 40.4 Å². The molecule has 1 aromatic carbocycles. The predicted octanol–water partition coefficient (Wildman–Crippen LogP) is 4.53. The van der Waals surface area contributed by atoms with Crippen LogP contribution in [0.3, 0.4) is 0 Å². The van der Waals surface area contributed by atoms with Crippen molar-refractivity contribution in [1.29, 1.82) is 5.26 Å². The molecule has 0 spiro atoms. The summed E-state index contributed by atoms with van der Waals surface area (Å²) in [6.45, 7) is 4.18. The highest BCUT2D eigenvalue weighted by molar-refractivity contribution is 7.15. The lowest BCUT2D eigenvalue weighted by molar-refractivity contribution is -0.127. The number of carbonyl (C=O) groups excluding carboxylic acids is 2. The van der Waals surface area contributed by atoms with Crippen molar-refractivity contribution in [2.24, 2.45) is 11.8 Å². The zero-order valence-corrected chi connectivity index (χ0v) is 15.9. The summed E-state index contributed by atoms with van der Waals surface area (Å²) in [5.74, 6) is -0.212. The van der Waals surface area contributed by atoms with E-state index in [1.54, 1.807) is 12.1 Å². The van der Waals surface area contributed by atoms with Gasteiger partial charge in [0.05, 0.1) is 17.3 Å². The van der Waals surface area contributed by atoms with Gasteiger partial charge in [-0.1, -0.05) is 26.0 Å². The molecule has 4 nitrogen and oxygen atoms in total. The van der Waals surface area contributed by atoms with Gasteiger partial charge >= 0.3 is 0 Å². The van der Waals surface area contributed by atoms with Crippen molar-refractivity contribution >= 4 is 23.4 Å². The summed E-state index contributed by atoms with van der Waals surface area (Å²) in [4.78, 5) is 30.4. The topological polar surface area (TPSA) is 70.8 Å². The molecule has 0 N–H and O–H groups in total. The number of carbonyl (C=O) groups is 2. The lowest BCUT2D eigenvalue weighted by Crippen LogP contribution is -2.22. The number of nitrogens with zero attached hydrogens (tertiary/aromatic N) is 2. The van der Waals surface area contributed by atoms with E-state index < -0.39 is 5.92 Å². The van der Waals surface area contributed by atoms with Crippen LogP contribution < -0.4 is 0 Å². The van der Waals surface area contributed by atoms with Crippen LogP contribution in [0.15, 0.2) is 24.3 Å². The maximum Gasteiger partial charge on any atom is 0.152 e. The van der Waals surface area contributed by atoms with Crippen LogP contribution in [0.5, 0.6) is 0 Å². The molecule has 134 valence electrons. The SMILES string of the molecule is CCc1sc(-c2ccc(C#N)cc2)nc1C(C=O)C(=O)[C@@H]1CC[C@@H](C)C1. The Hall–Kier alpha value is -2.32. The molecule has 1 aliphatic carbocycles. The minimum Gasteiger partial charge on any atom is -0.302 e. The third kappa shape index (κ3) is 3.61. The third-order valence-corrected chi connectivity index (χ3v) is 6.41. The van der Waals surface area contributed by atoms with Crippen molar-refractivity contribution < 1.29 is 9.59 Å². The molecule has 1 aromatic heterocycles. The number of Topliss-reactive ketones (excluding diaryl/α,β-unsaturated/α-hetero) is 1. The molecule has 26 heavy (non-hydrogen) atoms. The fourth-order valence-corrected chi connectivity index (χ4v) is 4.71. The molecule has 0 amide bonds. The summed E-state index contributed by atoms with van der Waals surface area (Å²) in [5.41, 5.74) is 2.12. The van der Waals surface area contributed by atoms with Crippen LogP contribution in [-0.4, -0.2) is 17.1 Å². The van der Waals surface area contributed by atoms with Gasteiger partial charge in [0.1, 0.15) is 17.2 Å². The molecular weight excluding hydrogens is 344 g/mol. The van der Waals surface area contributed by atoms with E-state index in [9.17, 15) is 9.59 Å². The highest BCUT2D eigenvalue weighted by atomic mass is 32.1. The van der Waals surface area contributed by atoms with E-state index in [4.69, 9.17) is 5.26 Å². The number of hydrogen-bond donors (Lipinski definition) is 0. The minimum absolute atomic E-state index is 0.0232. The molecule has 0 saturated heterocycles. The molecule has 2 aromatic rings. The summed E-state index contributed by atoms with van der Waals surface area (Å²) in [6, 6.07) is 9.33. The van der Waals surface area contributed by atoms with Crippen molar-refractivity contribution in [1.82, 2.24) is 4.98 Å². The molecule has 1 aliphatic rings. The Morgan fingerprint density at radius 3 is 2.65 bits per heavy atom. The van der Waals surface area contributed by atoms with Crippen LogP contribution in [0.4, 0.5) is 0 Å². The Bertz CT molecular complexity index is 848. The summed E-state index contributed by atoms with van der Waals surface area (Å²) >= 11 is 1.53. The van der Waals surface area contributed by atoms with Gasteiger partial charge in [-0.2, -0.15) is 5.26 Å². The van der Waals surface area contributed by atoms with Gasteiger partial charge in [0, 0.05) is 16.4 Å². The first-order valence-electron chi connectivity index (χ1n) is 9.06. The number of aromatic nitrogens is 1. The van der Waals surface area contributed by atoms with Crippen LogP contribution in [0.2, 0.25) is 0 Å². The van der Waals surface area contributed by atoms with E-state index in [0.717, 1.165) is 47.4 Å². The van der Waals surface area contributed by atoms with Crippen LogP contribution in [0, 0.1) is 23.2 Å². The zero-order chi connectivity index (χ0) is 18.7. The lowest BCUT2D eigenvalue weighted by Gasteiger charge is -2.14. The first-order chi connectivity index (χ1) is 12.6. The normalized spacial score (nSPS) is 20.5. The van der Waals surface area contributed by atoms with Crippen LogP contribution >= 0.6 is 11.3 Å². The Balaban J connectivity index is 1.92. The summed E-state index contributed by atoms with van der Waals surface area (Å²) in [5, 5.41) is 9.73. The molecule has 5 heteroatoms. The predicted molar refractivity (Wildman–Crippen MR) is 102 cm³/mol. The van der Waals surface area contributed by atoms with E-state index in [2.05, 4.69) is 18.0 Å². The molecule has 3 atom stereocenters. The fourth-order valence-electron chi connectivity index (χ4n) is 3.66. The standard InChI is InChI=1S/C21H22N2O2S/c1-3-18-19(17(12-24)20(25)16-7-4-13(2)10-16)23-21(26-18)15-8-5-14(11-22)6-9-15/h5-6,8-9,12-13,16-17H,3-4,7,10H2,1-2H3/t13-,16-,17?/m1/s1. The van der Waals surface area contributed by atoms with Gasteiger partial charge in [-0.3, -0.25) is 4.79 Å². The van der Waals surface area contributed by atoms with Crippen LogP contribution in [-0.2, 0) is 16.0 Å². The van der Waals surface area contributed by atoms with Gasteiger partial charge in [-0.25, -0.2) is 4.98 Å². The van der Waals surface area contributed by atoms with E-state index in [-0.39, 0.29) is 11.7 Å². The van der Waals surface area contributed by atoms with Gasteiger partial charge in [0.25, 0.3) is 0 Å². The average molecular weight is 366 g/mol. The van der Waals surface area contributed by atoms with E-state index in [1.165, 1.54) is 11.3 Å².